The molecule has 2 aromatic rings. The summed E-state index contributed by atoms with van der Waals surface area (Å²) in [6.45, 7) is 1.61. The van der Waals surface area contributed by atoms with Crippen molar-refractivity contribution in [2.24, 2.45) is 7.05 Å². The number of hydrogen-bond acceptors (Lipinski definition) is 4. The van der Waals surface area contributed by atoms with Gasteiger partial charge in [-0.05, 0) is 6.92 Å². The fourth-order valence-electron chi connectivity index (χ4n) is 2.15. The zero-order valence-corrected chi connectivity index (χ0v) is 9.98. The van der Waals surface area contributed by atoms with Crippen molar-refractivity contribution in [2.75, 3.05) is 7.11 Å². The van der Waals surface area contributed by atoms with E-state index in [2.05, 4.69) is 0 Å². The van der Waals surface area contributed by atoms with E-state index in [4.69, 9.17) is 4.74 Å². The zero-order valence-electron chi connectivity index (χ0n) is 9.98. The number of aryl methyl sites for hydroxylation is 1. The molecule has 0 saturated heterocycles. The molecular formula is C12H15NO4. The van der Waals surface area contributed by atoms with Crippen LogP contribution < -0.4 is 4.74 Å². The van der Waals surface area contributed by atoms with Crippen LogP contribution in [0.2, 0.25) is 0 Å². The van der Waals surface area contributed by atoms with Crippen molar-refractivity contribution in [2.45, 2.75) is 13.5 Å². The molecule has 2 rings (SSSR count). The third kappa shape index (κ3) is 1.43. The molecule has 0 aliphatic carbocycles. The van der Waals surface area contributed by atoms with Crippen LogP contribution in [0.1, 0.15) is 11.3 Å². The van der Waals surface area contributed by atoms with Gasteiger partial charge in [0.25, 0.3) is 0 Å². The number of fused-ring (bicyclic) bond motifs is 1. The number of aromatic nitrogens is 1. The second-order valence-corrected chi connectivity index (χ2v) is 3.95. The minimum atomic E-state index is -0.205. The molecule has 1 aromatic heterocycles. The van der Waals surface area contributed by atoms with Gasteiger partial charge in [0.05, 0.1) is 24.6 Å². The minimum absolute atomic E-state index is 0.0138. The van der Waals surface area contributed by atoms with E-state index in [1.807, 2.05) is 6.92 Å². The predicted molar refractivity (Wildman–Crippen MR) is 63.5 cm³/mol. The first kappa shape index (κ1) is 11.6. The maximum Gasteiger partial charge on any atom is 0.167 e. The van der Waals surface area contributed by atoms with Gasteiger partial charge in [-0.1, -0.05) is 0 Å². The molecule has 0 atom stereocenters. The van der Waals surface area contributed by atoms with Gasteiger partial charge >= 0.3 is 0 Å². The van der Waals surface area contributed by atoms with Crippen LogP contribution in [-0.4, -0.2) is 27.0 Å². The van der Waals surface area contributed by atoms with E-state index >= 15 is 0 Å². The molecule has 17 heavy (non-hydrogen) atoms. The SMILES string of the molecule is COc1cc(O)c2c(c1O)c(CO)c(C)n2C. The summed E-state index contributed by atoms with van der Waals surface area (Å²) in [6, 6.07) is 1.36. The quantitative estimate of drug-likeness (QED) is 0.690. The summed E-state index contributed by atoms with van der Waals surface area (Å²) >= 11 is 0. The number of nitrogens with zero attached hydrogens (tertiary/aromatic N) is 1. The normalized spacial score (nSPS) is 11.1. The van der Waals surface area contributed by atoms with Crippen LogP contribution in [-0.2, 0) is 13.7 Å². The van der Waals surface area contributed by atoms with Crippen LogP contribution in [0.25, 0.3) is 10.9 Å². The van der Waals surface area contributed by atoms with E-state index in [1.54, 1.807) is 11.6 Å². The highest BCUT2D eigenvalue weighted by molar-refractivity contribution is 5.97. The number of phenolic OH excluding ortho intramolecular Hbond substituents is 2. The molecular weight excluding hydrogens is 222 g/mol. The van der Waals surface area contributed by atoms with Gasteiger partial charge < -0.3 is 24.6 Å². The lowest BCUT2D eigenvalue weighted by molar-refractivity contribution is 0.281. The van der Waals surface area contributed by atoms with Crippen molar-refractivity contribution in [3.8, 4) is 17.2 Å². The van der Waals surface area contributed by atoms with Gasteiger partial charge in [0.15, 0.2) is 11.5 Å². The molecule has 0 fully saturated rings. The van der Waals surface area contributed by atoms with Crippen molar-refractivity contribution in [1.82, 2.24) is 4.57 Å². The van der Waals surface area contributed by atoms with Gasteiger partial charge in [-0.25, -0.2) is 0 Å². The lowest BCUT2D eigenvalue weighted by Gasteiger charge is -2.07. The number of benzene rings is 1. The molecule has 1 heterocycles. The van der Waals surface area contributed by atoms with E-state index in [0.29, 0.717) is 16.5 Å². The summed E-state index contributed by atoms with van der Waals surface area (Å²) in [5.41, 5.74) is 1.88. The second-order valence-electron chi connectivity index (χ2n) is 3.95. The molecule has 0 unspecified atom stereocenters. The molecule has 92 valence electrons. The van der Waals surface area contributed by atoms with Crippen LogP contribution in [0.4, 0.5) is 0 Å². The smallest absolute Gasteiger partial charge is 0.167 e. The van der Waals surface area contributed by atoms with Gasteiger partial charge in [-0.3, -0.25) is 0 Å². The third-order valence-electron chi connectivity index (χ3n) is 3.17. The highest BCUT2D eigenvalue weighted by Crippen LogP contribution is 2.43. The molecule has 0 spiro atoms. The van der Waals surface area contributed by atoms with E-state index in [0.717, 1.165) is 5.69 Å². The van der Waals surface area contributed by atoms with Crippen LogP contribution >= 0.6 is 0 Å². The fourth-order valence-corrected chi connectivity index (χ4v) is 2.15. The summed E-state index contributed by atoms with van der Waals surface area (Å²) in [7, 11) is 3.18. The summed E-state index contributed by atoms with van der Waals surface area (Å²) in [5, 5.41) is 29.8. The first-order chi connectivity index (χ1) is 8.02. The van der Waals surface area contributed by atoms with Crippen molar-refractivity contribution in [3.05, 3.63) is 17.3 Å². The summed E-state index contributed by atoms with van der Waals surface area (Å²) in [6.07, 6.45) is 0. The van der Waals surface area contributed by atoms with Crippen LogP contribution in [0.15, 0.2) is 6.07 Å². The number of rotatable bonds is 2. The van der Waals surface area contributed by atoms with Gasteiger partial charge in [0.1, 0.15) is 5.75 Å². The van der Waals surface area contributed by atoms with Gasteiger partial charge in [-0.2, -0.15) is 0 Å². The fraction of sp³-hybridized carbons (Fsp3) is 0.333. The Balaban J connectivity index is 3.00. The predicted octanol–water partition coefficient (Wildman–Crippen LogP) is 1.40. The summed E-state index contributed by atoms with van der Waals surface area (Å²) in [5.74, 6) is 0.142. The monoisotopic (exact) mass is 237 g/mol. The molecule has 0 aliphatic rings. The van der Waals surface area contributed by atoms with Crippen molar-refractivity contribution < 1.29 is 20.1 Å². The van der Waals surface area contributed by atoms with Gasteiger partial charge in [0.2, 0.25) is 0 Å². The Morgan fingerprint density at radius 2 is 2.00 bits per heavy atom. The Morgan fingerprint density at radius 3 is 2.53 bits per heavy atom. The highest BCUT2D eigenvalue weighted by atomic mass is 16.5. The largest absolute Gasteiger partial charge is 0.506 e. The molecule has 0 saturated carbocycles. The average molecular weight is 237 g/mol. The van der Waals surface area contributed by atoms with Gasteiger partial charge in [0, 0.05) is 24.4 Å². The molecule has 0 aliphatic heterocycles. The van der Waals surface area contributed by atoms with E-state index in [-0.39, 0.29) is 23.9 Å². The Hall–Kier alpha value is -1.88. The van der Waals surface area contributed by atoms with E-state index in [9.17, 15) is 15.3 Å². The van der Waals surface area contributed by atoms with E-state index < -0.39 is 0 Å². The van der Waals surface area contributed by atoms with Crippen LogP contribution in [0.5, 0.6) is 17.2 Å². The molecule has 5 heteroatoms. The molecule has 0 amide bonds. The maximum atomic E-state index is 10.1. The van der Waals surface area contributed by atoms with Crippen molar-refractivity contribution in [3.63, 3.8) is 0 Å². The Morgan fingerprint density at radius 1 is 1.35 bits per heavy atom. The number of phenols is 2. The number of ether oxygens (including phenoxy) is 1. The van der Waals surface area contributed by atoms with Crippen LogP contribution in [0.3, 0.4) is 0 Å². The Labute approximate surface area is 98.5 Å². The van der Waals surface area contributed by atoms with Crippen molar-refractivity contribution >= 4 is 10.9 Å². The first-order valence-electron chi connectivity index (χ1n) is 5.20. The Kier molecular flexibility index (Phi) is 2.63. The molecule has 1 aromatic carbocycles. The number of aliphatic hydroxyl groups is 1. The Bertz CT molecular complexity index is 586. The molecule has 0 radical (unpaired) electrons. The summed E-state index contributed by atoms with van der Waals surface area (Å²) < 4.78 is 6.71. The lowest BCUT2D eigenvalue weighted by Crippen LogP contribution is -1.92. The van der Waals surface area contributed by atoms with Crippen molar-refractivity contribution in [1.29, 1.82) is 0 Å². The lowest BCUT2D eigenvalue weighted by atomic mass is 10.1. The highest BCUT2D eigenvalue weighted by Gasteiger charge is 2.20. The first-order valence-corrected chi connectivity index (χ1v) is 5.20. The molecule has 3 N–H and O–H groups in total. The standard InChI is InChI=1S/C12H15NO4/c1-6-7(5-14)10-11(13(6)2)8(15)4-9(17-3)12(10)16/h4,14-16H,5H2,1-3H3. The average Bonchev–Trinajstić information content (AvgIpc) is 2.57. The zero-order chi connectivity index (χ0) is 12.7. The summed E-state index contributed by atoms with van der Waals surface area (Å²) in [4.78, 5) is 0. The molecule has 0 bridgehead atoms. The topological polar surface area (TPSA) is 74.8 Å². The van der Waals surface area contributed by atoms with E-state index in [1.165, 1.54) is 13.2 Å². The number of hydrogen-bond donors (Lipinski definition) is 3. The minimum Gasteiger partial charge on any atom is -0.506 e. The van der Waals surface area contributed by atoms with Crippen LogP contribution in [0, 0.1) is 6.92 Å². The van der Waals surface area contributed by atoms with Gasteiger partial charge in [-0.15, -0.1) is 0 Å². The second kappa shape index (κ2) is 3.85. The molecule has 5 nitrogen and oxygen atoms in total. The number of methoxy groups -OCH3 is 1. The number of aliphatic hydroxyl groups excluding tert-OH is 1. The maximum absolute atomic E-state index is 10.1. The number of aromatic hydroxyl groups is 2. The third-order valence-corrected chi connectivity index (χ3v) is 3.17.